The SMILES string of the molecule is COc1ccc(C(=O)Nc2ccc3c(c2)C(=O)N(C)c2ccccc2O3)c(OC)c1. The molecule has 152 valence electrons. The Labute approximate surface area is 173 Å². The zero-order valence-electron chi connectivity index (χ0n) is 16.8. The number of nitrogens with one attached hydrogen (secondary N) is 1. The summed E-state index contributed by atoms with van der Waals surface area (Å²) < 4.78 is 16.4. The number of hydrogen-bond donors (Lipinski definition) is 1. The molecule has 0 bridgehead atoms. The van der Waals surface area contributed by atoms with E-state index >= 15 is 0 Å². The molecular weight excluding hydrogens is 384 g/mol. The van der Waals surface area contributed by atoms with E-state index in [1.165, 1.54) is 12.0 Å². The first-order valence-corrected chi connectivity index (χ1v) is 9.24. The molecular formula is C23H20N2O5. The van der Waals surface area contributed by atoms with E-state index in [1.54, 1.807) is 56.6 Å². The summed E-state index contributed by atoms with van der Waals surface area (Å²) in [5.41, 5.74) is 1.84. The molecule has 0 saturated carbocycles. The molecule has 4 rings (SSSR count). The van der Waals surface area contributed by atoms with Gasteiger partial charge in [-0.2, -0.15) is 0 Å². The maximum absolute atomic E-state index is 13.0. The molecule has 0 saturated heterocycles. The van der Waals surface area contributed by atoms with Gasteiger partial charge in [0.1, 0.15) is 17.2 Å². The minimum absolute atomic E-state index is 0.229. The highest BCUT2D eigenvalue weighted by Gasteiger charge is 2.26. The first-order valence-electron chi connectivity index (χ1n) is 9.24. The molecule has 0 aromatic heterocycles. The maximum atomic E-state index is 13.0. The Morgan fingerprint density at radius 2 is 1.77 bits per heavy atom. The number of para-hydroxylation sites is 2. The summed E-state index contributed by atoms with van der Waals surface area (Å²) >= 11 is 0. The number of hydrogen-bond acceptors (Lipinski definition) is 5. The zero-order chi connectivity index (χ0) is 21.3. The van der Waals surface area contributed by atoms with Gasteiger partial charge in [-0.3, -0.25) is 9.59 Å². The van der Waals surface area contributed by atoms with Crippen LogP contribution in [0.5, 0.6) is 23.0 Å². The van der Waals surface area contributed by atoms with Gasteiger partial charge >= 0.3 is 0 Å². The van der Waals surface area contributed by atoms with Crippen LogP contribution in [0.1, 0.15) is 20.7 Å². The van der Waals surface area contributed by atoms with Crippen molar-refractivity contribution in [1.82, 2.24) is 0 Å². The first kappa shape index (κ1) is 19.3. The highest BCUT2D eigenvalue weighted by molar-refractivity contribution is 6.11. The van der Waals surface area contributed by atoms with Crippen LogP contribution in [-0.4, -0.2) is 33.1 Å². The Hall–Kier alpha value is -4.00. The quantitative estimate of drug-likeness (QED) is 0.700. The number of amides is 2. The number of rotatable bonds is 4. The van der Waals surface area contributed by atoms with Gasteiger partial charge < -0.3 is 24.4 Å². The molecule has 7 nitrogen and oxygen atoms in total. The summed E-state index contributed by atoms with van der Waals surface area (Å²) in [6, 6.07) is 17.2. The van der Waals surface area contributed by atoms with Crippen LogP contribution in [0.2, 0.25) is 0 Å². The van der Waals surface area contributed by atoms with Crippen molar-refractivity contribution >= 4 is 23.2 Å². The van der Waals surface area contributed by atoms with Gasteiger partial charge in [-0.25, -0.2) is 0 Å². The average molecular weight is 404 g/mol. The molecule has 1 heterocycles. The van der Waals surface area contributed by atoms with E-state index in [1.807, 2.05) is 18.2 Å². The molecule has 2 amide bonds. The Balaban J connectivity index is 1.64. The number of ether oxygens (including phenoxy) is 3. The van der Waals surface area contributed by atoms with Crippen LogP contribution in [0.4, 0.5) is 11.4 Å². The molecule has 3 aromatic rings. The predicted octanol–water partition coefficient (Wildman–Crippen LogP) is 4.34. The second kappa shape index (κ2) is 7.79. The zero-order valence-corrected chi connectivity index (χ0v) is 16.8. The largest absolute Gasteiger partial charge is 0.497 e. The van der Waals surface area contributed by atoms with E-state index < -0.39 is 0 Å². The second-order valence-corrected chi connectivity index (χ2v) is 6.67. The smallest absolute Gasteiger partial charge is 0.261 e. The molecule has 0 spiro atoms. The van der Waals surface area contributed by atoms with Gasteiger partial charge in [-0.15, -0.1) is 0 Å². The Bertz CT molecular complexity index is 1140. The van der Waals surface area contributed by atoms with Crippen molar-refractivity contribution in [2.75, 3.05) is 31.5 Å². The second-order valence-electron chi connectivity index (χ2n) is 6.67. The van der Waals surface area contributed by atoms with Crippen LogP contribution in [-0.2, 0) is 0 Å². The molecule has 1 aliphatic heterocycles. The third-order valence-corrected chi connectivity index (χ3v) is 4.87. The van der Waals surface area contributed by atoms with E-state index in [-0.39, 0.29) is 11.8 Å². The standard InChI is InChI=1S/C23H20N2O5/c1-25-18-6-4-5-7-20(18)30-19-11-8-14(12-17(19)23(25)27)24-22(26)16-10-9-15(28-2)13-21(16)29-3/h4-13H,1-3H3,(H,24,26). The lowest BCUT2D eigenvalue weighted by molar-refractivity contribution is 0.0989. The number of fused-ring (bicyclic) bond motifs is 2. The van der Waals surface area contributed by atoms with Crippen LogP contribution >= 0.6 is 0 Å². The number of carbonyl (C=O) groups is 2. The summed E-state index contributed by atoms with van der Waals surface area (Å²) in [5, 5.41) is 2.81. The lowest BCUT2D eigenvalue weighted by Crippen LogP contribution is -2.25. The van der Waals surface area contributed by atoms with Crippen molar-refractivity contribution in [3.05, 3.63) is 71.8 Å². The average Bonchev–Trinajstić information content (AvgIpc) is 2.88. The molecule has 0 fully saturated rings. The van der Waals surface area contributed by atoms with Crippen molar-refractivity contribution in [3.63, 3.8) is 0 Å². The summed E-state index contributed by atoms with van der Waals surface area (Å²) in [4.78, 5) is 27.3. The van der Waals surface area contributed by atoms with Crippen LogP contribution < -0.4 is 24.4 Å². The fraction of sp³-hybridized carbons (Fsp3) is 0.130. The van der Waals surface area contributed by atoms with E-state index in [0.29, 0.717) is 45.5 Å². The van der Waals surface area contributed by atoms with Gasteiger partial charge in [0.25, 0.3) is 11.8 Å². The number of anilines is 2. The van der Waals surface area contributed by atoms with E-state index in [0.717, 1.165) is 0 Å². The highest BCUT2D eigenvalue weighted by atomic mass is 16.5. The summed E-state index contributed by atoms with van der Waals surface area (Å²) in [6.07, 6.45) is 0. The summed E-state index contributed by atoms with van der Waals surface area (Å²) in [6.45, 7) is 0. The molecule has 3 aromatic carbocycles. The number of carbonyl (C=O) groups excluding carboxylic acids is 2. The van der Waals surface area contributed by atoms with E-state index in [2.05, 4.69) is 5.32 Å². The Morgan fingerprint density at radius 3 is 2.53 bits per heavy atom. The number of methoxy groups -OCH3 is 2. The minimum Gasteiger partial charge on any atom is -0.497 e. The van der Waals surface area contributed by atoms with Gasteiger partial charge in [0.05, 0.1) is 31.0 Å². The van der Waals surface area contributed by atoms with Crippen LogP contribution in [0.15, 0.2) is 60.7 Å². The lowest BCUT2D eigenvalue weighted by atomic mass is 10.1. The van der Waals surface area contributed by atoms with Crippen LogP contribution in [0, 0.1) is 0 Å². The highest BCUT2D eigenvalue weighted by Crippen LogP contribution is 2.39. The monoisotopic (exact) mass is 404 g/mol. The fourth-order valence-corrected chi connectivity index (χ4v) is 3.28. The molecule has 0 atom stereocenters. The molecule has 0 radical (unpaired) electrons. The van der Waals surface area contributed by atoms with Gasteiger partial charge in [0, 0.05) is 18.8 Å². The number of nitrogens with zero attached hydrogens (tertiary/aromatic N) is 1. The van der Waals surface area contributed by atoms with Crippen LogP contribution in [0.3, 0.4) is 0 Å². The molecule has 7 heteroatoms. The van der Waals surface area contributed by atoms with Gasteiger partial charge in [0.15, 0.2) is 5.75 Å². The first-order chi connectivity index (χ1) is 14.5. The van der Waals surface area contributed by atoms with Crippen molar-refractivity contribution in [3.8, 4) is 23.0 Å². The third kappa shape index (κ3) is 3.41. The Morgan fingerprint density at radius 1 is 0.967 bits per heavy atom. The predicted molar refractivity (Wildman–Crippen MR) is 113 cm³/mol. The van der Waals surface area contributed by atoms with Gasteiger partial charge in [-0.05, 0) is 42.5 Å². The van der Waals surface area contributed by atoms with Gasteiger partial charge in [-0.1, -0.05) is 12.1 Å². The summed E-state index contributed by atoms with van der Waals surface area (Å²) in [5.74, 6) is 1.39. The maximum Gasteiger partial charge on any atom is 0.261 e. The van der Waals surface area contributed by atoms with Crippen molar-refractivity contribution in [2.45, 2.75) is 0 Å². The van der Waals surface area contributed by atoms with Crippen molar-refractivity contribution < 1.29 is 23.8 Å². The normalized spacial score (nSPS) is 12.2. The fourth-order valence-electron chi connectivity index (χ4n) is 3.28. The molecule has 0 aliphatic carbocycles. The molecule has 30 heavy (non-hydrogen) atoms. The number of benzene rings is 3. The third-order valence-electron chi connectivity index (χ3n) is 4.87. The minimum atomic E-state index is -0.368. The molecule has 1 N–H and O–H groups in total. The lowest BCUT2D eigenvalue weighted by Gasteiger charge is -2.16. The Kier molecular flexibility index (Phi) is 5.02. The van der Waals surface area contributed by atoms with E-state index in [4.69, 9.17) is 14.2 Å². The van der Waals surface area contributed by atoms with E-state index in [9.17, 15) is 9.59 Å². The van der Waals surface area contributed by atoms with Crippen molar-refractivity contribution in [2.24, 2.45) is 0 Å². The van der Waals surface area contributed by atoms with Crippen LogP contribution in [0.25, 0.3) is 0 Å². The summed E-state index contributed by atoms with van der Waals surface area (Å²) in [7, 11) is 4.71. The van der Waals surface area contributed by atoms with Gasteiger partial charge in [0.2, 0.25) is 0 Å². The molecule has 0 unspecified atom stereocenters. The molecule has 1 aliphatic rings. The topological polar surface area (TPSA) is 77.1 Å². The van der Waals surface area contributed by atoms with Crippen molar-refractivity contribution in [1.29, 1.82) is 0 Å².